The molecule has 2 amide bonds. The van der Waals surface area contributed by atoms with Crippen LogP contribution in [0.2, 0.25) is 0 Å². The molecule has 5 heteroatoms. The maximum absolute atomic E-state index is 12.4. The molecule has 1 aliphatic heterocycles. The summed E-state index contributed by atoms with van der Waals surface area (Å²) in [7, 11) is 0. The molecular weight excluding hydrogens is 268 g/mol. The molecule has 0 saturated carbocycles. The van der Waals surface area contributed by atoms with Crippen LogP contribution in [0.3, 0.4) is 0 Å². The molecule has 0 bridgehead atoms. The predicted octanol–water partition coefficient (Wildman–Crippen LogP) is 3.10. The first kappa shape index (κ1) is 17.8. The van der Waals surface area contributed by atoms with E-state index in [0.29, 0.717) is 13.1 Å². The van der Waals surface area contributed by atoms with Gasteiger partial charge in [0, 0.05) is 18.6 Å². The van der Waals surface area contributed by atoms with Crippen LogP contribution >= 0.6 is 0 Å². The predicted molar refractivity (Wildman–Crippen MR) is 83.2 cm³/mol. The minimum Gasteiger partial charge on any atom is -0.481 e. The van der Waals surface area contributed by atoms with Crippen molar-refractivity contribution in [3.63, 3.8) is 0 Å². The molecule has 1 unspecified atom stereocenters. The van der Waals surface area contributed by atoms with Gasteiger partial charge in [-0.3, -0.25) is 4.79 Å². The topological polar surface area (TPSA) is 69.6 Å². The third kappa shape index (κ3) is 4.61. The Bertz CT molecular complexity index is 391. The van der Waals surface area contributed by atoms with Crippen molar-refractivity contribution in [2.24, 2.45) is 11.3 Å². The van der Waals surface area contributed by atoms with E-state index < -0.39 is 11.4 Å². The highest BCUT2D eigenvalue weighted by Crippen LogP contribution is 2.34. The van der Waals surface area contributed by atoms with E-state index in [1.54, 1.807) is 18.7 Å². The second kappa shape index (κ2) is 6.67. The molecule has 0 aromatic rings. The van der Waals surface area contributed by atoms with Crippen LogP contribution < -0.4 is 5.32 Å². The quantitative estimate of drug-likeness (QED) is 0.819. The first-order valence-electron chi connectivity index (χ1n) is 7.90. The number of likely N-dealkylation sites (tertiary alicyclic amines) is 1. The van der Waals surface area contributed by atoms with Crippen molar-refractivity contribution in [2.75, 3.05) is 13.1 Å². The molecule has 2 N–H and O–H groups in total. The molecule has 1 atom stereocenters. The average Bonchev–Trinajstić information content (AvgIpc) is 2.38. The number of carbonyl (C=O) groups excluding carboxylic acids is 1. The first-order chi connectivity index (χ1) is 9.60. The van der Waals surface area contributed by atoms with E-state index in [4.69, 9.17) is 0 Å². The zero-order chi connectivity index (χ0) is 16.3. The fourth-order valence-electron chi connectivity index (χ4n) is 2.98. The average molecular weight is 298 g/mol. The van der Waals surface area contributed by atoms with E-state index in [9.17, 15) is 14.7 Å². The highest BCUT2D eigenvalue weighted by molar-refractivity contribution is 5.76. The number of aliphatic carboxylic acids is 1. The van der Waals surface area contributed by atoms with Gasteiger partial charge in [-0.15, -0.1) is 0 Å². The lowest BCUT2D eigenvalue weighted by atomic mass is 9.74. The molecule has 0 aromatic carbocycles. The van der Waals surface area contributed by atoms with Gasteiger partial charge in [-0.1, -0.05) is 13.3 Å². The molecule has 122 valence electrons. The van der Waals surface area contributed by atoms with Crippen molar-refractivity contribution in [1.82, 2.24) is 10.2 Å². The summed E-state index contributed by atoms with van der Waals surface area (Å²) in [5, 5.41) is 12.4. The number of hydrogen-bond acceptors (Lipinski definition) is 2. The van der Waals surface area contributed by atoms with E-state index in [-0.39, 0.29) is 17.5 Å². The number of carboxylic acids is 1. The third-order valence-corrected chi connectivity index (χ3v) is 4.60. The van der Waals surface area contributed by atoms with Crippen molar-refractivity contribution in [1.29, 1.82) is 0 Å². The Kier molecular flexibility index (Phi) is 5.65. The molecule has 21 heavy (non-hydrogen) atoms. The summed E-state index contributed by atoms with van der Waals surface area (Å²) < 4.78 is 0. The van der Waals surface area contributed by atoms with Crippen molar-refractivity contribution in [2.45, 2.75) is 65.8 Å². The molecule has 0 spiro atoms. The zero-order valence-electron chi connectivity index (χ0n) is 14.0. The monoisotopic (exact) mass is 298 g/mol. The molecule has 1 rings (SSSR count). The molecule has 0 aromatic heterocycles. The van der Waals surface area contributed by atoms with E-state index in [2.05, 4.69) is 12.2 Å². The number of hydrogen-bond donors (Lipinski definition) is 2. The van der Waals surface area contributed by atoms with Crippen molar-refractivity contribution in [3.8, 4) is 0 Å². The molecule has 1 fully saturated rings. The van der Waals surface area contributed by atoms with Crippen LogP contribution in [0.4, 0.5) is 4.79 Å². The third-order valence-electron chi connectivity index (χ3n) is 4.60. The first-order valence-corrected chi connectivity index (χ1v) is 7.90. The van der Waals surface area contributed by atoms with Gasteiger partial charge in [0.2, 0.25) is 0 Å². The second-order valence-corrected chi connectivity index (χ2v) is 7.38. The summed E-state index contributed by atoms with van der Waals surface area (Å²) in [6.07, 6.45) is 3.67. The maximum Gasteiger partial charge on any atom is 0.317 e. The van der Waals surface area contributed by atoms with Crippen LogP contribution in [0.15, 0.2) is 0 Å². The Balaban J connectivity index is 2.68. The lowest BCUT2D eigenvalue weighted by Crippen LogP contribution is -2.54. The van der Waals surface area contributed by atoms with Gasteiger partial charge in [-0.2, -0.15) is 0 Å². The summed E-state index contributed by atoms with van der Waals surface area (Å²) in [4.78, 5) is 25.6. The number of nitrogens with zero attached hydrogens (tertiary/aromatic N) is 1. The summed E-state index contributed by atoms with van der Waals surface area (Å²) >= 11 is 0. The van der Waals surface area contributed by atoms with E-state index in [1.165, 1.54) is 0 Å². The van der Waals surface area contributed by atoms with Crippen LogP contribution in [0.1, 0.15) is 60.3 Å². The highest BCUT2D eigenvalue weighted by Gasteiger charge is 2.40. The van der Waals surface area contributed by atoms with Gasteiger partial charge < -0.3 is 15.3 Å². The SMILES string of the molecule is CCCC(C)(C)NC(=O)N1CCCC(C(C)(C)C(=O)O)C1. The van der Waals surface area contributed by atoms with Gasteiger partial charge in [-0.05, 0) is 52.9 Å². The smallest absolute Gasteiger partial charge is 0.317 e. The molecule has 0 radical (unpaired) electrons. The maximum atomic E-state index is 12.4. The zero-order valence-corrected chi connectivity index (χ0v) is 14.0. The number of rotatable bonds is 5. The van der Waals surface area contributed by atoms with Crippen LogP contribution in [0.25, 0.3) is 0 Å². The van der Waals surface area contributed by atoms with Gasteiger partial charge in [0.1, 0.15) is 0 Å². The standard InChI is InChI=1S/C16H30N2O3/c1-6-9-15(2,3)17-14(21)18-10-7-8-12(11-18)16(4,5)13(19)20/h12H,6-11H2,1-5H3,(H,17,21)(H,19,20). The van der Waals surface area contributed by atoms with Crippen LogP contribution in [0.5, 0.6) is 0 Å². The Hall–Kier alpha value is -1.26. The number of piperidine rings is 1. The summed E-state index contributed by atoms with van der Waals surface area (Å²) in [5.41, 5.74) is -1.01. The lowest BCUT2D eigenvalue weighted by Gasteiger charge is -2.40. The Morgan fingerprint density at radius 1 is 1.29 bits per heavy atom. The van der Waals surface area contributed by atoms with E-state index in [1.807, 2.05) is 13.8 Å². The van der Waals surface area contributed by atoms with Crippen LogP contribution in [-0.2, 0) is 4.79 Å². The van der Waals surface area contributed by atoms with Crippen LogP contribution in [-0.4, -0.2) is 40.6 Å². The fraction of sp³-hybridized carbons (Fsp3) is 0.875. The van der Waals surface area contributed by atoms with Gasteiger partial charge in [-0.25, -0.2) is 4.79 Å². The van der Waals surface area contributed by atoms with Crippen molar-refractivity contribution < 1.29 is 14.7 Å². The van der Waals surface area contributed by atoms with E-state index in [0.717, 1.165) is 25.7 Å². The normalized spacial score (nSPS) is 20.2. The Labute approximate surface area is 128 Å². The molecule has 1 heterocycles. The van der Waals surface area contributed by atoms with Crippen molar-refractivity contribution >= 4 is 12.0 Å². The number of amides is 2. The van der Waals surface area contributed by atoms with Gasteiger partial charge in [0.05, 0.1) is 5.41 Å². The number of carbonyl (C=O) groups is 2. The Morgan fingerprint density at radius 3 is 2.43 bits per heavy atom. The van der Waals surface area contributed by atoms with Gasteiger partial charge in [0.15, 0.2) is 0 Å². The molecule has 0 aliphatic carbocycles. The molecule has 1 aliphatic rings. The fourth-order valence-corrected chi connectivity index (χ4v) is 2.98. The minimum absolute atomic E-state index is 0.00351. The summed E-state index contributed by atoms with van der Waals surface area (Å²) in [6, 6.07) is -0.0701. The van der Waals surface area contributed by atoms with Crippen LogP contribution in [0, 0.1) is 11.3 Å². The molecule has 5 nitrogen and oxygen atoms in total. The molecular formula is C16H30N2O3. The number of nitrogens with one attached hydrogen (secondary N) is 1. The second-order valence-electron chi connectivity index (χ2n) is 7.38. The highest BCUT2D eigenvalue weighted by atomic mass is 16.4. The van der Waals surface area contributed by atoms with Gasteiger partial charge >= 0.3 is 12.0 Å². The largest absolute Gasteiger partial charge is 0.481 e. The van der Waals surface area contributed by atoms with E-state index >= 15 is 0 Å². The van der Waals surface area contributed by atoms with Gasteiger partial charge in [0.25, 0.3) is 0 Å². The summed E-state index contributed by atoms with van der Waals surface area (Å²) in [5.74, 6) is -0.787. The summed E-state index contributed by atoms with van der Waals surface area (Å²) in [6.45, 7) is 10.9. The molecule has 1 saturated heterocycles. The van der Waals surface area contributed by atoms with Crippen molar-refractivity contribution in [3.05, 3.63) is 0 Å². The Morgan fingerprint density at radius 2 is 1.90 bits per heavy atom. The lowest BCUT2D eigenvalue weighted by molar-refractivity contribution is -0.151. The minimum atomic E-state index is -0.794. The number of carboxylic acid groups (broad SMARTS) is 1. The number of urea groups is 1.